The molecular formula is C5H14Cl2N2OS. The molecule has 3 nitrogen and oxygen atoms in total. The van der Waals surface area contributed by atoms with Crippen molar-refractivity contribution < 1.29 is 4.74 Å². The zero-order valence-electron chi connectivity index (χ0n) is 6.33. The van der Waals surface area contributed by atoms with Gasteiger partial charge in [0.15, 0.2) is 5.05 Å². The van der Waals surface area contributed by atoms with Gasteiger partial charge in [-0.05, 0) is 19.3 Å². The maximum atomic E-state index is 5.17. The molecule has 0 heterocycles. The van der Waals surface area contributed by atoms with E-state index in [1.54, 1.807) is 0 Å². The summed E-state index contributed by atoms with van der Waals surface area (Å²) >= 11 is 4.78. The Morgan fingerprint density at radius 3 is 2.45 bits per heavy atom. The molecular weight excluding hydrogens is 207 g/mol. The van der Waals surface area contributed by atoms with Crippen LogP contribution < -0.4 is 11.1 Å². The molecule has 0 bridgehead atoms. The summed E-state index contributed by atoms with van der Waals surface area (Å²) < 4.78 is 4.98. The fourth-order valence-corrected chi connectivity index (χ4v) is 0.596. The van der Waals surface area contributed by atoms with Gasteiger partial charge in [0.1, 0.15) is 6.61 Å². The van der Waals surface area contributed by atoms with Crippen LogP contribution in [0, 0.1) is 0 Å². The second-order valence-corrected chi connectivity index (χ2v) is 1.99. The maximum Gasteiger partial charge on any atom is 0.173 e. The van der Waals surface area contributed by atoms with Gasteiger partial charge in [0.25, 0.3) is 0 Å². The van der Waals surface area contributed by atoms with Gasteiger partial charge in [-0.3, -0.25) is 0 Å². The lowest BCUT2D eigenvalue weighted by molar-refractivity contribution is 0.317. The minimum Gasteiger partial charge on any atom is -0.484 e. The summed E-state index contributed by atoms with van der Waals surface area (Å²) in [7, 11) is 1.82. The molecule has 0 unspecified atom stereocenters. The van der Waals surface area contributed by atoms with Gasteiger partial charge in [-0.25, -0.2) is 0 Å². The first-order chi connectivity index (χ1) is 4.31. The van der Waals surface area contributed by atoms with Crippen LogP contribution in [0.3, 0.4) is 0 Å². The molecule has 0 spiro atoms. The highest BCUT2D eigenvalue weighted by Gasteiger charge is 1.91. The maximum absolute atomic E-state index is 5.17. The number of nitrogens with two attached hydrogens (primary N) is 1. The fraction of sp³-hybridized carbons (Fsp3) is 0.800. The van der Waals surface area contributed by atoms with Crippen LogP contribution in [0.15, 0.2) is 0 Å². The Balaban J connectivity index is -0.000000320. The van der Waals surface area contributed by atoms with Gasteiger partial charge in [-0.1, -0.05) is 0 Å². The lowest BCUT2D eigenvalue weighted by atomic mass is 10.6. The van der Waals surface area contributed by atoms with Gasteiger partial charge in [0.2, 0.25) is 0 Å². The third-order valence-electron chi connectivity index (χ3n) is 0.702. The first kappa shape index (κ1) is 17.5. The molecule has 0 atom stereocenters. The molecule has 70 valence electrons. The number of halogens is 2. The Bertz CT molecular complexity index is 94.6. The van der Waals surface area contributed by atoms with Gasteiger partial charge in [-0.15, -0.1) is 24.8 Å². The average molecular weight is 221 g/mol. The van der Waals surface area contributed by atoms with Gasteiger partial charge in [0, 0.05) is 6.54 Å². The second kappa shape index (κ2) is 13.0. The van der Waals surface area contributed by atoms with E-state index < -0.39 is 0 Å². The summed E-state index contributed by atoms with van der Waals surface area (Å²) in [6.45, 7) is 1.65. The van der Waals surface area contributed by atoms with Crippen LogP contribution in [0.2, 0.25) is 0 Å². The molecule has 0 aliphatic heterocycles. The Morgan fingerprint density at radius 2 is 2.09 bits per heavy atom. The van der Waals surface area contributed by atoms with Crippen molar-refractivity contribution in [3.8, 4) is 0 Å². The molecule has 0 aromatic heterocycles. The summed E-state index contributed by atoms with van der Waals surface area (Å²) in [4.78, 5) is 0. The highest BCUT2D eigenvalue weighted by molar-refractivity contribution is 7.80. The van der Waals surface area contributed by atoms with Gasteiger partial charge >= 0.3 is 0 Å². The third kappa shape index (κ3) is 13.4. The van der Waals surface area contributed by atoms with E-state index in [0.717, 1.165) is 0 Å². The van der Waals surface area contributed by atoms with E-state index in [2.05, 4.69) is 5.32 Å². The summed E-state index contributed by atoms with van der Waals surface area (Å²) in [5.41, 5.74) is 5.17. The predicted octanol–water partition coefficient (Wildman–Crippen LogP) is 0.352. The van der Waals surface area contributed by atoms with E-state index in [0.29, 0.717) is 24.7 Å². The zero-order chi connectivity index (χ0) is 7.11. The molecule has 0 aromatic rings. The van der Waals surface area contributed by atoms with Crippen LogP contribution in [0.25, 0.3) is 0 Å². The quantitative estimate of drug-likeness (QED) is 0.672. The lowest BCUT2D eigenvalue weighted by Gasteiger charge is -2.03. The molecule has 0 rings (SSSR count). The second-order valence-electron chi connectivity index (χ2n) is 1.54. The molecule has 0 aromatic carbocycles. The number of thiocarbonyl (C=S) groups is 1. The van der Waals surface area contributed by atoms with Crippen molar-refractivity contribution in [2.45, 2.75) is 0 Å². The van der Waals surface area contributed by atoms with E-state index in [1.165, 1.54) is 0 Å². The first-order valence-corrected chi connectivity index (χ1v) is 3.22. The first-order valence-electron chi connectivity index (χ1n) is 2.81. The highest BCUT2D eigenvalue weighted by atomic mass is 35.5. The lowest BCUT2D eigenvalue weighted by Crippen LogP contribution is -2.21. The number of rotatable bonds is 4. The molecule has 0 amide bonds. The molecule has 0 radical (unpaired) electrons. The molecule has 0 aliphatic rings. The van der Waals surface area contributed by atoms with Crippen molar-refractivity contribution in [1.29, 1.82) is 0 Å². The van der Waals surface area contributed by atoms with Crippen LogP contribution in [-0.4, -0.2) is 31.8 Å². The molecule has 0 fully saturated rings. The van der Waals surface area contributed by atoms with Crippen molar-refractivity contribution in [2.75, 3.05) is 26.7 Å². The topological polar surface area (TPSA) is 47.3 Å². The normalized spacial score (nSPS) is 7.45. The summed E-state index contributed by atoms with van der Waals surface area (Å²) in [6.07, 6.45) is 0. The summed E-state index contributed by atoms with van der Waals surface area (Å²) in [6, 6.07) is 0. The fourth-order valence-electron chi connectivity index (χ4n) is 0.368. The Hall–Kier alpha value is 0.390. The number of nitrogens with one attached hydrogen (secondary N) is 1. The standard InChI is InChI=1S/C5H12N2OS.2ClH/c1-7-4-5(9)8-3-2-6;;/h7H,2-4,6H2,1H3;2*1H. The van der Waals surface area contributed by atoms with Crippen molar-refractivity contribution in [3.63, 3.8) is 0 Å². The summed E-state index contributed by atoms with van der Waals surface area (Å²) in [5, 5.41) is 3.44. The van der Waals surface area contributed by atoms with E-state index in [9.17, 15) is 0 Å². The van der Waals surface area contributed by atoms with Crippen LogP contribution in [-0.2, 0) is 4.74 Å². The molecule has 0 saturated heterocycles. The number of hydrogen-bond donors (Lipinski definition) is 2. The molecule has 6 heteroatoms. The molecule has 3 N–H and O–H groups in total. The number of hydrogen-bond acceptors (Lipinski definition) is 4. The van der Waals surface area contributed by atoms with Gasteiger partial charge in [-0.2, -0.15) is 0 Å². The smallest absolute Gasteiger partial charge is 0.173 e. The number of ether oxygens (including phenoxy) is 1. The van der Waals surface area contributed by atoms with Crippen molar-refractivity contribution in [1.82, 2.24) is 5.32 Å². The SMILES string of the molecule is CNCC(=S)OCCN.Cl.Cl. The van der Waals surface area contributed by atoms with Crippen LogP contribution in [0.1, 0.15) is 0 Å². The van der Waals surface area contributed by atoms with Crippen LogP contribution in [0.4, 0.5) is 0 Å². The predicted molar refractivity (Wildman–Crippen MR) is 56.0 cm³/mol. The van der Waals surface area contributed by atoms with E-state index in [4.69, 9.17) is 22.7 Å². The average Bonchev–Trinajstić information content (AvgIpc) is 1.85. The largest absolute Gasteiger partial charge is 0.484 e. The minimum atomic E-state index is 0. The monoisotopic (exact) mass is 220 g/mol. The molecule has 11 heavy (non-hydrogen) atoms. The number of likely N-dealkylation sites (N-methyl/N-ethyl adjacent to an activating group) is 1. The van der Waals surface area contributed by atoms with E-state index in [1.807, 2.05) is 7.05 Å². The van der Waals surface area contributed by atoms with E-state index >= 15 is 0 Å². The van der Waals surface area contributed by atoms with Crippen molar-refractivity contribution in [3.05, 3.63) is 0 Å². The third-order valence-corrected chi connectivity index (χ3v) is 0.964. The van der Waals surface area contributed by atoms with Crippen LogP contribution >= 0.6 is 37.0 Å². The summed E-state index contributed by atoms with van der Waals surface area (Å²) in [5.74, 6) is 0. The Kier molecular flexibility index (Phi) is 20.7. The molecule has 0 aliphatic carbocycles. The van der Waals surface area contributed by atoms with Gasteiger partial charge in [0.05, 0.1) is 6.54 Å². The van der Waals surface area contributed by atoms with E-state index in [-0.39, 0.29) is 24.8 Å². The van der Waals surface area contributed by atoms with Crippen molar-refractivity contribution >= 4 is 42.1 Å². The van der Waals surface area contributed by atoms with Gasteiger partial charge < -0.3 is 15.8 Å². The highest BCUT2D eigenvalue weighted by Crippen LogP contribution is 1.77. The Morgan fingerprint density at radius 1 is 1.55 bits per heavy atom. The van der Waals surface area contributed by atoms with Crippen LogP contribution in [0.5, 0.6) is 0 Å². The minimum absolute atomic E-state index is 0. The molecule has 0 saturated carbocycles. The van der Waals surface area contributed by atoms with Crippen molar-refractivity contribution in [2.24, 2.45) is 5.73 Å². The zero-order valence-corrected chi connectivity index (χ0v) is 8.78. The Labute approximate surface area is 84.9 Å².